The van der Waals surface area contributed by atoms with E-state index in [1.54, 1.807) is 6.20 Å². The van der Waals surface area contributed by atoms with Gasteiger partial charge in [0, 0.05) is 6.20 Å². The third-order valence-corrected chi connectivity index (χ3v) is 2.91. The first-order valence-electron chi connectivity index (χ1n) is 5.54. The molecule has 0 unspecified atom stereocenters. The number of H-pyrrole nitrogens is 1. The Morgan fingerprint density at radius 3 is 3.17 bits per heavy atom. The van der Waals surface area contributed by atoms with Gasteiger partial charge in [0.15, 0.2) is 10.4 Å². The van der Waals surface area contributed by atoms with Gasteiger partial charge < -0.3 is 9.72 Å². The zero-order chi connectivity index (χ0) is 13.1. The van der Waals surface area contributed by atoms with Crippen molar-refractivity contribution in [2.45, 2.75) is 13.5 Å². The first kappa shape index (κ1) is 13.3. The maximum absolute atomic E-state index is 5.88. The molecule has 0 bridgehead atoms. The highest BCUT2D eigenvalue weighted by molar-refractivity contribution is 7.71. The first-order chi connectivity index (χ1) is 8.58. The molecule has 0 aliphatic rings. The molecule has 2 heterocycles. The van der Waals surface area contributed by atoms with E-state index in [2.05, 4.69) is 16.5 Å². The van der Waals surface area contributed by atoms with Crippen LogP contribution in [0.25, 0.3) is 11.2 Å². The Morgan fingerprint density at radius 1 is 1.67 bits per heavy atom. The van der Waals surface area contributed by atoms with Crippen LogP contribution in [-0.4, -0.2) is 27.7 Å². The third-order valence-electron chi connectivity index (χ3n) is 2.38. The lowest BCUT2D eigenvalue weighted by Gasteiger charge is -2.05. The van der Waals surface area contributed by atoms with Crippen molar-refractivity contribution in [1.29, 1.82) is 0 Å². The van der Waals surface area contributed by atoms with Gasteiger partial charge >= 0.3 is 0 Å². The zero-order valence-electron chi connectivity index (χ0n) is 10.1. The Morgan fingerprint density at radius 2 is 2.44 bits per heavy atom. The normalized spacial score (nSPS) is 11.0. The number of fused-ring (bicyclic) bond motifs is 1. The molecule has 0 radical (unpaired) electrons. The number of hydrogen-bond acceptors (Lipinski definition) is 3. The predicted octanol–water partition coefficient (Wildman–Crippen LogP) is 3.34. The van der Waals surface area contributed by atoms with Gasteiger partial charge in [0.25, 0.3) is 0 Å². The molecule has 0 amide bonds. The van der Waals surface area contributed by atoms with E-state index < -0.39 is 0 Å². The van der Waals surface area contributed by atoms with Crippen LogP contribution in [-0.2, 0) is 11.3 Å². The molecule has 0 aliphatic heterocycles. The molecule has 0 atom stereocenters. The largest absolute Gasteiger partial charge is 0.375 e. The lowest BCUT2D eigenvalue weighted by molar-refractivity contribution is 0.148. The molecule has 96 valence electrons. The molecule has 6 heteroatoms. The van der Waals surface area contributed by atoms with Crippen LogP contribution in [0, 0.1) is 4.77 Å². The summed E-state index contributed by atoms with van der Waals surface area (Å²) in [6, 6.07) is 1.81. The smallest absolute Gasteiger partial charge is 0.179 e. The SMILES string of the molecule is C=C(C)COCCn1c(=S)[nH]c2cc(Cl)cnc21. The summed E-state index contributed by atoms with van der Waals surface area (Å²) < 4.78 is 7.99. The van der Waals surface area contributed by atoms with Crippen LogP contribution in [0.2, 0.25) is 5.02 Å². The fourth-order valence-corrected chi connectivity index (χ4v) is 2.07. The minimum atomic E-state index is 0.564. The second-order valence-corrected chi connectivity index (χ2v) is 4.94. The number of hydrogen-bond donors (Lipinski definition) is 1. The van der Waals surface area contributed by atoms with Crippen molar-refractivity contribution in [3.8, 4) is 0 Å². The molecule has 0 aliphatic carbocycles. The Hall–Kier alpha value is -1.17. The number of pyridine rings is 1. The Kier molecular flexibility index (Phi) is 4.16. The van der Waals surface area contributed by atoms with E-state index in [0.717, 1.165) is 16.7 Å². The van der Waals surface area contributed by atoms with E-state index in [9.17, 15) is 0 Å². The van der Waals surface area contributed by atoms with Gasteiger partial charge in [0.2, 0.25) is 0 Å². The van der Waals surface area contributed by atoms with Crippen molar-refractivity contribution >= 4 is 35.0 Å². The minimum Gasteiger partial charge on any atom is -0.375 e. The summed E-state index contributed by atoms with van der Waals surface area (Å²) in [7, 11) is 0. The molecule has 2 rings (SSSR count). The monoisotopic (exact) mass is 283 g/mol. The topological polar surface area (TPSA) is 42.8 Å². The van der Waals surface area contributed by atoms with Gasteiger partial charge in [-0.05, 0) is 25.2 Å². The lowest BCUT2D eigenvalue weighted by atomic mass is 10.4. The number of aromatic nitrogens is 3. The second kappa shape index (κ2) is 5.65. The van der Waals surface area contributed by atoms with Crippen LogP contribution < -0.4 is 0 Å². The Balaban J connectivity index is 2.15. The van der Waals surface area contributed by atoms with E-state index >= 15 is 0 Å². The van der Waals surface area contributed by atoms with Crippen molar-refractivity contribution < 1.29 is 4.74 Å². The summed E-state index contributed by atoms with van der Waals surface area (Å²) in [5, 5.41) is 0.587. The molecule has 2 aromatic rings. The van der Waals surface area contributed by atoms with Crippen LogP contribution in [0.4, 0.5) is 0 Å². The third kappa shape index (κ3) is 2.98. The highest BCUT2D eigenvalue weighted by Gasteiger charge is 2.06. The lowest BCUT2D eigenvalue weighted by Crippen LogP contribution is -2.07. The van der Waals surface area contributed by atoms with E-state index in [1.165, 1.54) is 0 Å². The van der Waals surface area contributed by atoms with Crippen LogP contribution in [0.5, 0.6) is 0 Å². The number of imidazole rings is 1. The maximum Gasteiger partial charge on any atom is 0.179 e. The first-order valence-corrected chi connectivity index (χ1v) is 6.33. The van der Waals surface area contributed by atoms with Gasteiger partial charge in [-0.2, -0.15) is 0 Å². The van der Waals surface area contributed by atoms with Crippen molar-refractivity contribution in [3.05, 3.63) is 34.2 Å². The fraction of sp³-hybridized carbons (Fsp3) is 0.333. The molecule has 18 heavy (non-hydrogen) atoms. The minimum absolute atomic E-state index is 0.564. The van der Waals surface area contributed by atoms with E-state index in [0.29, 0.717) is 29.6 Å². The number of halogens is 1. The summed E-state index contributed by atoms with van der Waals surface area (Å²) >= 11 is 11.1. The quantitative estimate of drug-likeness (QED) is 0.520. The van der Waals surface area contributed by atoms with Gasteiger partial charge in [0.1, 0.15) is 0 Å². The van der Waals surface area contributed by atoms with E-state index in [1.807, 2.05) is 17.6 Å². The molecular weight excluding hydrogens is 270 g/mol. The molecule has 2 aromatic heterocycles. The average Bonchev–Trinajstić information content (AvgIpc) is 2.59. The van der Waals surface area contributed by atoms with Crippen molar-refractivity contribution in [2.24, 2.45) is 0 Å². The van der Waals surface area contributed by atoms with E-state index in [4.69, 9.17) is 28.6 Å². The zero-order valence-corrected chi connectivity index (χ0v) is 11.6. The standard InChI is InChI=1S/C12H14ClN3OS/c1-8(2)7-17-4-3-16-11-10(15-12(16)18)5-9(13)6-14-11/h5-6H,1,3-4,7H2,2H3,(H,15,18). The van der Waals surface area contributed by atoms with Gasteiger partial charge in [-0.15, -0.1) is 0 Å². The highest BCUT2D eigenvalue weighted by atomic mass is 35.5. The van der Waals surface area contributed by atoms with Crippen LogP contribution >= 0.6 is 23.8 Å². The molecule has 0 fully saturated rings. The molecule has 4 nitrogen and oxygen atoms in total. The summed E-state index contributed by atoms with van der Waals surface area (Å²) in [4.78, 5) is 7.35. The second-order valence-electron chi connectivity index (χ2n) is 4.12. The number of ether oxygens (including phenoxy) is 1. The summed E-state index contributed by atoms with van der Waals surface area (Å²) in [5.41, 5.74) is 2.64. The number of aromatic amines is 1. The fourth-order valence-electron chi connectivity index (χ4n) is 1.63. The molecule has 0 spiro atoms. The summed E-state index contributed by atoms with van der Waals surface area (Å²) in [5.74, 6) is 0. The molecular formula is C12H14ClN3OS. The average molecular weight is 284 g/mol. The molecule has 0 saturated carbocycles. The van der Waals surface area contributed by atoms with Crippen molar-refractivity contribution in [3.63, 3.8) is 0 Å². The summed E-state index contributed by atoms with van der Waals surface area (Å²) in [6.45, 7) is 7.50. The van der Waals surface area contributed by atoms with Crippen molar-refractivity contribution in [2.75, 3.05) is 13.2 Å². The Bertz CT molecular complexity index is 632. The van der Waals surface area contributed by atoms with Gasteiger partial charge in [-0.1, -0.05) is 23.8 Å². The maximum atomic E-state index is 5.88. The number of nitrogens with zero attached hydrogens (tertiary/aromatic N) is 2. The highest BCUT2D eigenvalue weighted by Crippen LogP contribution is 2.16. The Labute approximate surface area is 115 Å². The van der Waals surface area contributed by atoms with Gasteiger partial charge in [-0.3, -0.25) is 4.57 Å². The van der Waals surface area contributed by atoms with Crippen LogP contribution in [0.3, 0.4) is 0 Å². The van der Waals surface area contributed by atoms with Crippen molar-refractivity contribution in [1.82, 2.24) is 14.5 Å². The van der Waals surface area contributed by atoms with Gasteiger partial charge in [-0.25, -0.2) is 4.98 Å². The predicted molar refractivity (Wildman–Crippen MR) is 75.6 cm³/mol. The van der Waals surface area contributed by atoms with Crippen LogP contribution in [0.15, 0.2) is 24.4 Å². The molecule has 1 N–H and O–H groups in total. The van der Waals surface area contributed by atoms with Gasteiger partial charge in [0.05, 0.1) is 30.3 Å². The van der Waals surface area contributed by atoms with E-state index in [-0.39, 0.29) is 0 Å². The number of rotatable bonds is 5. The van der Waals surface area contributed by atoms with Crippen LogP contribution in [0.1, 0.15) is 6.92 Å². The molecule has 0 saturated heterocycles. The molecule has 0 aromatic carbocycles. The summed E-state index contributed by atoms with van der Waals surface area (Å²) in [6.07, 6.45) is 1.61. The number of nitrogens with one attached hydrogen (secondary N) is 1.